The summed E-state index contributed by atoms with van der Waals surface area (Å²) in [7, 11) is 0. The van der Waals surface area contributed by atoms with Gasteiger partial charge in [-0.15, -0.1) is 0 Å². The lowest BCUT2D eigenvalue weighted by Gasteiger charge is -1.98. The predicted molar refractivity (Wildman–Crippen MR) is 126 cm³/mol. The van der Waals surface area contributed by atoms with Crippen LogP contribution in [0.5, 0.6) is 0 Å². The van der Waals surface area contributed by atoms with Gasteiger partial charge in [-0.1, -0.05) is 40.2 Å². The van der Waals surface area contributed by atoms with E-state index in [2.05, 4.69) is 49.0 Å². The summed E-state index contributed by atoms with van der Waals surface area (Å²) in [6, 6.07) is 16.1. The number of halogens is 2. The van der Waals surface area contributed by atoms with E-state index >= 15 is 0 Å². The van der Waals surface area contributed by atoms with Crippen molar-refractivity contribution < 1.29 is 18.4 Å². The van der Waals surface area contributed by atoms with E-state index in [1.807, 2.05) is 24.3 Å². The van der Waals surface area contributed by atoms with Crippen molar-refractivity contribution >= 4 is 67.4 Å². The lowest BCUT2D eigenvalue weighted by atomic mass is 10.1. The average Bonchev–Trinajstić information content (AvgIpc) is 3.35. The number of fused-ring (bicyclic) bond motifs is 1. The Bertz CT molecular complexity index is 1290. The SMILES string of the molecule is CC(=O)c1ccc(-c2ccc(/C=N\NC(=O)c3cc4cc(Br)cc(I)c4o3)o2)cc1. The van der Waals surface area contributed by atoms with Crippen molar-refractivity contribution in [2.45, 2.75) is 6.92 Å². The van der Waals surface area contributed by atoms with Gasteiger partial charge in [0.25, 0.3) is 0 Å². The summed E-state index contributed by atoms with van der Waals surface area (Å²) < 4.78 is 13.2. The van der Waals surface area contributed by atoms with Crippen LogP contribution < -0.4 is 5.43 Å². The van der Waals surface area contributed by atoms with Gasteiger partial charge in [0.1, 0.15) is 17.1 Å². The zero-order valence-corrected chi connectivity index (χ0v) is 19.4. The van der Waals surface area contributed by atoms with E-state index in [0.717, 1.165) is 19.0 Å². The summed E-state index contributed by atoms with van der Waals surface area (Å²) >= 11 is 5.58. The van der Waals surface area contributed by atoms with E-state index < -0.39 is 5.91 Å². The molecule has 2 aromatic heterocycles. The van der Waals surface area contributed by atoms with Crippen molar-refractivity contribution in [2.75, 3.05) is 0 Å². The summed E-state index contributed by atoms with van der Waals surface area (Å²) in [4.78, 5) is 23.7. The van der Waals surface area contributed by atoms with Gasteiger partial charge in [-0.25, -0.2) is 5.43 Å². The van der Waals surface area contributed by atoms with E-state index in [1.165, 1.54) is 13.1 Å². The predicted octanol–water partition coefficient (Wildman–Crippen LogP) is 6.03. The van der Waals surface area contributed by atoms with Crippen molar-refractivity contribution in [3.05, 3.63) is 79.7 Å². The zero-order chi connectivity index (χ0) is 21.3. The van der Waals surface area contributed by atoms with Crippen molar-refractivity contribution in [3.63, 3.8) is 0 Å². The molecule has 0 aliphatic rings. The van der Waals surface area contributed by atoms with Crippen LogP contribution in [-0.2, 0) is 0 Å². The molecule has 0 fully saturated rings. The van der Waals surface area contributed by atoms with Gasteiger partial charge in [0.2, 0.25) is 0 Å². The van der Waals surface area contributed by atoms with E-state index in [9.17, 15) is 9.59 Å². The molecule has 0 aliphatic heterocycles. The fourth-order valence-corrected chi connectivity index (χ4v) is 4.50. The molecule has 0 spiro atoms. The summed E-state index contributed by atoms with van der Waals surface area (Å²) in [5, 5.41) is 4.77. The molecule has 30 heavy (non-hydrogen) atoms. The average molecular weight is 577 g/mol. The number of carbonyl (C=O) groups is 2. The molecule has 150 valence electrons. The van der Waals surface area contributed by atoms with Crippen molar-refractivity contribution in [1.82, 2.24) is 5.43 Å². The maximum Gasteiger partial charge on any atom is 0.307 e. The minimum atomic E-state index is -0.457. The number of hydrogen-bond acceptors (Lipinski definition) is 5. The molecular formula is C22H14BrIN2O4. The maximum absolute atomic E-state index is 12.3. The number of furan rings is 2. The molecule has 0 bridgehead atoms. The topological polar surface area (TPSA) is 84.8 Å². The van der Waals surface area contributed by atoms with Crippen LogP contribution in [0.15, 0.2) is 73.0 Å². The van der Waals surface area contributed by atoms with Crippen molar-refractivity contribution in [1.29, 1.82) is 0 Å². The number of amides is 1. The van der Waals surface area contributed by atoms with Crippen molar-refractivity contribution in [3.8, 4) is 11.3 Å². The number of Topliss-reactive ketones (excluding diaryl/α,β-unsaturated/α-hetero) is 1. The molecule has 2 aromatic carbocycles. The summed E-state index contributed by atoms with van der Waals surface area (Å²) in [5.74, 6) is 0.834. The van der Waals surface area contributed by atoms with Crippen LogP contribution >= 0.6 is 38.5 Å². The Hall–Kier alpha value is -2.72. The van der Waals surface area contributed by atoms with Gasteiger partial charge in [-0.2, -0.15) is 5.10 Å². The van der Waals surface area contributed by atoms with Gasteiger partial charge in [0, 0.05) is 21.0 Å². The molecule has 1 N–H and O–H groups in total. The molecule has 2 heterocycles. The van der Waals surface area contributed by atoms with E-state index in [4.69, 9.17) is 8.83 Å². The van der Waals surface area contributed by atoms with Crippen LogP contribution in [-0.4, -0.2) is 17.9 Å². The Labute approximate surface area is 193 Å². The van der Waals surface area contributed by atoms with E-state index in [-0.39, 0.29) is 11.5 Å². The lowest BCUT2D eigenvalue weighted by molar-refractivity contribution is 0.0929. The minimum Gasteiger partial charge on any atom is -0.455 e. The Kier molecular flexibility index (Phi) is 5.87. The molecule has 0 unspecified atom stereocenters. The van der Waals surface area contributed by atoms with Crippen LogP contribution in [0.1, 0.15) is 33.6 Å². The van der Waals surface area contributed by atoms with E-state index in [0.29, 0.717) is 22.7 Å². The first kappa shape index (κ1) is 20.5. The van der Waals surface area contributed by atoms with Gasteiger partial charge in [-0.3, -0.25) is 9.59 Å². The highest BCUT2D eigenvalue weighted by Crippen LogP contribution is 2.28. The fourth-order valence-electron chi connectivity index (χ4n) is 2.84. The first-order valence-electron chi connectivity index (χ1n) is 8.84. The first-order valence-corrected chi connectivity index (χ1v) is 10.7. The van der Waals surface area contributed by atoms with Crippen LogP contribution in [0, 0.1) is 3.57 Å². The standard InChI is InChI=1S/C22H14BrIN2O4/c1-12(27)13-2-4-14(5-3-13)19-7-6-17(29-19)11-25-26-22(28)20-9-15-8-16(23)10-18(24)21(15)30-20/h2-11H,1H3,(H,26,28)/b25-11-. The third kappa shape index (κ3) is 4.39. The molecule has 1 amide bonds. The number of nitrogens with zero attached hydrogens (tertiary/aromatic N) is 1. The van der Waals surface area contributed by atoms with Gasteiger partial charge >= 0.3 is 5.91 Å². The number of benzene rings is 2. The molecule has 8 heteroatoms. The number of carbonyl (C=O) groups excluding carboxylic acids is 2. The van der Waals surface area contributed by atoms with E-state index in [1.54, 1.807) is 30.3 Å². The second kappa shape index (κ2) is 8.57. The third-order valence-corrected chi connectivity index (χ3v) is 5.58. The second-order valence-electron chi connectivity index (χ2n) is 6.45. The van der Waals surface area contributed by atoms with Gasteiger partial charge in [-0.05, 0) is 59.8 Å². The summed E-state index contributed by atoms with van der Waals surface area (Å²) in [6.45, 7) is 1.52. The normalized spacial score (nSPS) is 11.3. The van der Waals surface area contributed by atoms with Crippen LogP contribution in [0.2, 0.25) is 0 Å². The van der Waals surface area contributed by atoms with Crippen LogP contribution in [0.25, 0.3) is 22.3 Å². The molecule has 0 saturated carbocycles. The zero-order valence-electron chi connectivity index (χ0n) is 15.6. The fraction of sp³-hybridized carbons (Fsp3) is 0.0455. The highest BCUT2D eigenvalue weighted by Gasteiger charge is 2.14. The number of rotatable bonds is 5. The summed E-state index contributed by atoms with van der Waals surface area (Å²) in [5.41, 5.74) is 4.57. The van der Waals surface area contributed by atoms with Crippen molar-refractivity contribution in [2.24, 2.45) is 5.10 Å². The molecule has 4 rings (SSSR count). The second-order valence-corrected chi connectivity index (χ2v) is 8.53. The molecule has 6 nitrogen and oxygen atoms in total. The number of hydrogen-bond donors (Lipinski definition) is 1. The molecule has 0 radical (unpaired) electrons. The third-order valence-electron chi connectivity index (χ3n) is 4.32. The number of ketones is 1. The molecular weight excluding hydrogens is 563 g/mol. The Morgan fingerprint density at radius 1 is 1.07 bits per heavy atom. The Morgan fingerprint density at radius 2 is 1.83 bits per heavy atom. The molecule has 0 saturated heterocycles. The molecule has 0 aliphatic carbocycles. The largest absolute Gasteiger partial charge is 0.455 e. The molecule has 4 aromatic rings. The first-order chi connectivity index (χ1) is 14.4. The Morgan fingerprint density at radius 3 is 2.57 bits per heavy atom. The smallest absolute Gasteiger partial charge is 0.307 e. The number of nitrogens with one attached hydrogen (secondary N) is 1. The number of hydrazone groups is 1. The van der Waals surface area contributed by atoms with Gasteiger partial charge in [0.15, 0.2) is 11.5 Å². The minimum absolute atomic E-state index is 0.0105. The van der Waals surface area contributed by atoms with Crippen LogP contribution in [0.4, 0.5) is 0 Å². The highest BCUT2D eigenvalue weighted by molar-refractivity contribution is 14.1. The van der Waals surface area contributed by atoms with Gasteiger partial charge in [0.05, 0.1) is 9.78 Å². The quantitative estimate of drug-likeness (QED) is 0.136. The summed E-state index contributed by atoms with van der Waals surface area (Å²) in [6.07, 6.45) is 1.41. The lowest BCUT2D eigenvalue weighted by Crippen LogP contribution is -2.16. The van der Waals surface area contributed by atoms with Crippen LogP contribution in [0.3, 0.4) is 0 Å². The van der Waals surface area contributed by atoms with Gasteiger partial charge < -0.3 is 8.83 Å². The molecule has 0 atom stereocenters. The Balaban J connectivity index is 1.44. The monoisotopic (exact) mass is 576 g/mol. The highest BCUT2D eigenvalue weighted by atomic mass is 127. The maximum atomic E-state index is 12.3.